The highest BCUT2D eigenvalue weighted by Gasteiger charge is 2.07. The molecule has 0 unspecified atom stereocenters. The summed E-state index contributed by atoms with van der Waals surface area (Å²) in [6.45, 7) is 0.987. The van der Waals surface area contributed by atoms with Crippen molar-refractivity contribution in [3.63, 3.8) is 0 Å². The first-order chi connectivity index (χ1) is 10.3. The molecule has 1 aromatic heterocycles. The van der Waals surface area contributed by atoms with E-state index in [4.69, 9.17) is 15.2 Å². The van der Waals surface area contributed by atoms with Crippen molar-refractivity contribution in [2.24, 2.45) is 5.73 Å². The van der Waals surface area contributed by atoms with E-state index in [-0.39, 0.29) is 0 Å². The molecule has 1 heterocycles. The Kier molecular flexibility index (Phi) is 3.79. The first-order valence-corrected chi connectivity index (χ1v) is 6.87. The van der Waals surface area contributed by atoms with Crippen LogP contribution in [0.15, 0.2) is 48.5 Å². The lowest BCUT2D eigenvalue weighted by Gasteiger charge is -2.09. The van der Waals surface area contributed by atoms with E-state index in [9.17, 15) is 0 Å². The monoisotopic (exact) mass is 282 g/mol. The van der Waals surface area contributed by atoms with E-state index < -0.39 is 0 Å². The zero-order chi connectivity index (χ0) is 14.7. The minimum absolute atomic E-state index is 0.457. The normalized spacial score (nSPS) is 10.8. The molecule has 0 aliphatic heterocycles. The van der Waals surface area contributed by atoms with Gasteiger partial charge in [0.25, 0.3) is 0 Å². The van der Waals surface area contributed by atoms with Crippen LogP contribution >= 0.6 is 0 Å². The molecule has 4 heteroatoms. The van der Waals surface area contributed by atoms with E-state index in [1.165, 1.54) is 0 Å². The third kappa shape index (κ3) is 2.71. The van der Waals surface area contributed by atoms with Gasteiger partial charge in [0, 0.05) is 17.4 Å². The highest BCUT2D eigenvalue weighted by Crippen LogP contribution is 2.27. The molecule has 4 nitrogen and oxygen atoms in total. The van der Waals surface area contributed by atoms with Gasteiger partial charge in [-0.05, 0) is 29.8 Å². The molecular weight excluding hydrogens is 264 g/mol. The predicted octanol–water partition coefficient (Wildman–Crippen LogP) is 3.21. The highest BCUT2D eigenvalue weighted by molar-refractivity contribution is 5.83. The Hall–Kier alpha value is -2.46. The van der Waals surface area contributed by atoms with Gasteiger partial charge in [0.2, 0.25) is 0 Å². The molecule has 0 fully saturated rings. The van der Waals surface area contributed by atoms with Gasteiger partial charge in [-0.25, -0.2) is 0 Å². The molecule has 0 atom stereocenters. The number of ether oxygens (including phenoxy) is 2. The number of rotatable bonds is 5. The maximum Gasteiger partial charge on any atom is 0.161 e. The second-order valence-electron chi connectivity index (χ2n) is 4.82. The number of nitrogens with two attached hydrogens (primary N) is 1. The van der Waals surface area contributed by atoms with Crippen LogP contribution in [0.2, 0.25) is 0 Å². The van der Waals surface area contributed by atoms with Crippen LogP contribution in [-0.4, -0.2) is 12.1 Å². The van der Waals surface area contributed by atoms with Crippen LogP contribution in [0, 0.1) is 0 Å². The van der Waals surface area contributed by atoms with Crippen LogP contribution < -0.4 is 15.2 Å². The standard InChI is InChI=1S/C17H18N2O2/c1-20-16-7-2-3-8-17(16)21-11-13-9-14-12(10-18)5-4-6-15(14)19-13/h2-9,19H,10-11,18H2,1H3. The third-order valence-electron chi connectivity index (χ3n) is 3.48. The molecule has 21 heavy (non-hydrogen) atoms. The summed E-state index contributed by atoms with van der Waals surface area (Å²) in [5.74, 6) is 1.47. The second-order valence-corrected chi connectivity index (χ2v) is 4.82. The first kappa shape index (κ1) is 13.5. The van der Waals surface area contributed by atoms with E-state index in [1.807, 2.05) is 42.5 Å². The molecule has 0 radical (unpaired) electrons. The van der Waals surface area contributed by atoms with E-state index in [2.05, 4.69) is 11.1 Å². The molecule has 0 spiro atoms. The number of nitrogens with one attached hydrogen (secondary N) is 1. The fraction of sp³-hybridized carbons (Fsp3) is 0.176. The van der Waals surface area contributed by atoms with Gasteiger partial charge < -0.3 is 20.2 Å². The molecule has 2 aromatic carbocycles. The Labute approximate surface area is 123 Å². The van der Waals surface area contributed by atoms with Gasteiger partial charge in [-0.2, -0.15) is 0 Å². The van der Waals surface area contributed by atoms with E-state index >= 15 is 0 Å². The Morgan fingerprint density at radius 3 is 2.62 bits per heavy atom. The zero-order valence-corrected chi connectivity index (χ0v) is 11.9. The summed E-state index contributed by atoms with van der Waals surface area (Å²) in [7, 11) is 1.64. The van der Waals surface area contributed by atoms with Crippen LogP contribution in [0.1, 0.15) is 11.3 Å². The van der Waals surface area contributed by atoms with Crippen LogP contribution in [-0.2, 0) is 13.2 Å². The lowest BCUT2D eigenvalue weighted by atomic mass is 10.1. The Bertz CT molecular complexity index is 749. The maximum absolute atomic E-state index is 5.83. The van der Waals surface area contributed by atoms with Crippen LogP contribution in [0.25, 0.3) is 10.9 Å². The molecule has 0 saturated carbocycles. The number of para-hydroxylation sites is 2. The van der Waals surface area contributed by atoms with Crippen molar-refractivity contribution >= 4 is 10.9 Å². The zero-order valence-electron chi connectivity index (χ0n) is 11.9. The molecule has 3 aromatic rings. The lowest BCUT2D eigenvalue weighted by Crippen LogP contribution is -1.97. The van der Waals surface area contributed by atoms with Crippen molar-refractivity contribution in [3.05, 3.63) is 59.8 Å². The molecule has 3 rings (SSSR count). The van der Waals surface area contributed by atoms with E-state index in [0.29, 0.717) is 13.2 Å². The van der Waals surface area contributed by atoms with Crippen molar-refractivity contribution in [2.45, 2.75) is 13.2 Å². The number of aromatic nitrogens is 1. The molecule has 0 bridgehead atoms. The van der Waals surface area contributed by atoms with Crippen LogP contribution in [0.3, 0.4) is 0 Å². The lowest BCUT2D eigenvalue weighted by molar-refractivity contribution is 0.281. The molecule has 0 amide bonds. The Morgan fingerprint density at radius 1 is 1.05 bits per heavy atom. The molecule has 3 N–H and O–H groups in total. The van der Waals surface area contributed by atoms with Gasteiger partial charge in [-0.1, -0.05) is 24.3 Å². The number of benzene rings is 2. The van der Waals surface area contributed by atoms with Crippen LogP contribution in [0.4, 0.5) is 0 Å². The Balaban J connectivity index is 1.82. The van der Waals surface area contributed by atoms with Crippen molar-refractivity contribution in [3.8, 4) is 11.5 Å². The summed E-state index contributed by atoms with van der Waals surface area (Å²) >= 11 is 0. The number of methoxy groups -OCH3 is 1. The first-order valence-electron chi connectivity index (χ1n) is 6.87. The van der Waals surface area contributed by atoms with E-state index in [0.717, 1.165) is 33.7 Å². The Morgan fingerprint density at radius 2 is 1.86 bits per heavy atom. The molecule has 0 aliphatic rings. The second kappa shape index (κ2) is 5.89. The third-order valence-corrected chi connectivity index (χ3v) is 3.48. The fourth-order valence-electron chi connectivity index (χ4n) is 2.43. The maximum atomic E-state index is 5.83. The SMILES string of the molecule is COc1ccccc1OCc1cc2c(CN)cccc2[nH]1. The average Bonchev–Trinajstić information content (AvgIpc) is 2.96. The largest absolute Gasteiger partial charge is 0.493 e. The predicted molar refractivity (Wildman–Crippen MR) is 83.5 cm³/mol. The number of aromatic amines is 1. The minimum Gasteiger partial charge on any atom is -0.493 e. The smallest absolute Gasteiger partial charge is 0.161 e. The quantitative estimate of drug-likeness (QED) is 0.755. The fourth-order valence-corrected chi connectivity index (χ4v) is 2.43. The van der Waals surface area contributed by atoms with Crippen LogP contribution in [0.5, 0.6) is 11.5 Å². The van der Waals surface area contributed by atoms with Gasteiger partial charge in [-0.15, -0.1) is 0 Å². The summed E-state index contributed by atoms with van der Waals surface area (Å²) < 4.78 is 11.1. The minimum atomic E-state index is 0.457. The molecular formula is C17H18N2O2. The summed E-state index contributed by atoms with van der Waals surface area (Å²) in [6, 6.07) is 15.8. The van der Waals surface area contributed by atoms with Gasteiger partial charge in [-0.3, -0.25) is 0 Å². The summed E-state index contributed by atoms with van der Waals surface area (Å²) in [5.41, 5.74) is 8.99. The summed E-state index contributed by atoms with van der Waals surface area (Å²) in [4.78, 5) is 3.36. The number of hydrogen-bond acceptors (Lipinski definition) is 3. The van der Waals surface area contributed by atoms with E-state index in [1.54, 1.807) is 7.11 Å². The van der Waals surface area contributed by atoms with Crippen molar-refractivity contribution in [1.29, 1.82) is 0 Å². The summed E-state index contributed by atoms with van der Waals surface area (Å²) in [6.07, 6.45) is 0. The summed E-state index contributed by atoms with van der Waals surface area (Å²) in [5, 5.41) is 1.15. The topological polar surface area (TPSA) is 60.3 Å². The highest BCUT2D eigenvalue weighted by atomic mass is 16.5. The molecule has 0 saturated heterocycles. The number of H-pyrrole nitrogens is 1. The molecule has 108 valence electrons. The van der Waals surface area contributed by atoms with Gasteiger partial charge in [0.05, 0.1) is 12.8 Å². The number of hydrogen-bond donors (Lipinski definition) is 2. The average molecular weight is 282 g/mol. The van der Waals surface area contributed by atoms with Gasteiger partial charge in [0.1, 0.15) is 6.61 Å². The van der Waals surface area contributed by atoms with Crippen molar-refractivity contribution in [2.75, 3.05) is 7.11 Å². The van der Waals surface area contributed by atoms with Gasteiger partial charge >= 0.3 is 0 Å². The van der Waals surface area contributed by atoms with Crippen molar-refractivity contribution < 1.29 is 9.47 Å². The van der Waals surface area contributed by atoms with Gasteiger partial charge in [0.15, 0.2) is 11.5 Å². The molecule has 0 aliphatic carbocycles. The number of fused-ring (bicyclic) bond motifs is 1. The van der Waals surface area contributed by atoms with Crippen molar-refractivity contribution in [1.82, 2.24) is 4.98 Å².